The Kier molecular flexibility index (Phi) is 22.7. The summed E-state index contributed by atoms with van der Waals surface area (Å²) in [6.07, 6.45) is 4.07. The summed E-state index contributed by atoms with van der Waals surface area (Å²) < 4.78 is 2.43. The molecule has 0 unspecified atom stereocenters. The first-order chi connectivity index (χ1) is 7.39. The molecule has 0 aromatic heterocycles. The van der Waals surface area contributed by atoms with Crippen LogP contribution in [0, 0.1) is 31.1 Å². The van der Waals surface area contributed by atoms with Gasteiger partial charge in [-0.1, -0.05) is 13.3 Å². The molecule has 0 amide bonds. The normalized spacial score (nSPS) is 11.1. The predicted molar refractivity (Wildman–Crippen MR) is 73.5 cm³/mol. The van der Waals surface area contributed by atoms with Gasteiger partial charge in [0.05, 0.1) is 53.9 Å². The third-order valence-corrected chi connectivity index (χ3v) is 3.79. The number of rotatable bonds is 9. The number of hydrogen-bond donors (Lipinski definition) is 0. The number of unbranched alkanes of at least 4 members (excludes halogenated alkanes) is 1. The molecule has 0 heterocycles. The maximum absolute atomic E-state index is 2.35. The van der Waals surface area contributed by atoms with Gasteiger partial charge >= 0.3 is 0 Å². The number of quaternary nitrogens is 2. The first-order valence-electron chi connectivity index (χ1n) is 7.04. The third kappa shape index (κ3) is 14.6. The number of hydrogen-bond acceptors (Lipinski definition) is 0. The largest absolute Gasteiger partial charge is 1.00 e. The average Bonchev–Trinajstić information content (AvgIpc) is 2.22. The molecule has 19 heavy (non-hydrogen) atoms. The van der Waals surface area contributed by atoms with E-state index in [9.17, 15) is 0 Å². The van der Waals surface area contributed by atoms with Gasteiger partial charge in [0.15, 0.2) is 0 Å². The summed E-state index contributed by atoms with van der Waals surface area (Å²) >= 11 is 0. The van der Waals surface area contributed by atoms with E-state index in [-0.39, 0.29) is 65.1 Å². The Morgan fingerprint density at radius 3 is 1.42 bits per heavy atom. The van der Waals surface area contributed by atoms with Crippen LogP contribution in [-0.4, -0.2) is 62.8 Å². The van der Waals surface area contributed by atoms with Gasteiger partial charge in [-0.15, -0.1) is 0 Å². The topological polar surface area (TPSA) is 0 Å². The van der Waals surface area contributed by atoms with Crippen LogP contribution in [0.4, 0.5) is 0 Å². The van der Waals surface area contributed by atoms with Crippen molar-refractivity contribution in [2.75, 3.05) is 53.9 Å². The Morgan fingerprint density at radius 1 is 0.684 bits per heavy atom. The fraction of sp³-hybridized carbons (Fsp3) is 1.00. The quantitative estimate of drug-likeness (QED) is 0.236. The molecule has 0 rings (SSSR count). The Morgan fingerprint density at radius 2 is 1.11 bits per heavy atom. The van der Waals surface area contributed by atoms with Gasteiger partial charge < -0.3 is 42.9 Å². The summed E-state index contributed by atoms with van der Waals surface area (Å²) in [4.78, 5) is 0. The van der Waals surface area contributed by atoms with E-state index in [1.807, 2.05) is 0 Å². The summed E-state index contributed by atoms with van der Waals surface area (Å²) in [7, 11) is 6.87. The standard InChI is InChI=1S/C14H34N2.2BrH.U/c1-7-10-13-16(8-2,9-3)14-11-12-15(4,5)6;;;/h7-14H2,1-6H3;2*1H;/q+2;;;/p-2. The van der Waals surface area contributed by atoms with Gasteiger partial charge in [0, 0.05) is 37.5 Å². The maximum Gasteiger partial charge on any atom is 0.0840 e. The molecular weight excluding hydrogens is 594 g/mol. The van der Waals surface area contributed by atoms with Crippen molar-refractivity contribution < 1.29 is 74.0 Å². The molecule has 0 aliphatic rings. The van der Waals surface area contributed by atoms with Gasteiger partial charge in [-0.05, 0) is 20.3 Å². The molecule has 0 saturated heterocycles. The minimum Gasteiger partial charge on any atom is -1.00 e. The van der Waals surface area contributed by atoms with Crippen molar-refractivity contribution in [3.8, 4) is 0 Å². The fourth-order valence-electron chi connectivity index (χ4n) is 2.34. The molecule has 2 nitrogen and oxygen atoms in total. The molecule has 0 atom stereocenters. The Labute approximate surface area is 166 Å². The van der Waals surface area contributed by atoms with E-state index in [4.69, 9.17) is 0 Å². The van der Waals surface area contributed by atoms with Crippen molar-refractivity contribution in [2.24, 2.45) is 0 Å². The van der Waals surface area contributed by atoms with E-state index in [1.165, 1.54) is 56.5 Å². The molecule has 0 aliphatic heterocycles. The Bertz CT molecular complexity index is 181. The van der Waals surface area contributed by atoms with Crippen LogP contribution < -0.4 is 34.0 Å². The van der Waals surface area contributed by atoms with E-state index in [2.05, 4.69) is 41.9 Å². The Hall–Kier alpha value is 1.93. The molecule has 0 fully saturated rings. The van der Waals surface area contributed by atoms with Crippen LogP contribution >= 0.6 is 0 Å². The van der Waals surface area contributed by atoms with Crippen molar-refractivity contribution in [1.82, 2.24) is 0 Å². The van der Waals surface area contributed by atoms with Gasteiger partial charge in [-0.25, -0.2) is 0 Å². The van der Waals surface area contributed by atoms with E-state index in [0.29, 0.717) is 0 Å². The summed E-state index contributed by atoms with van der Waals surface area (Å²) in [5.41, 5.74) is 0. The zero-order valence-corrected chi connectivity index (χ0v) is 21.1. The molecule has 118 valence electrons. The number of halogens is 2. The molecular formula is C14H34Br2N2U. The van der Waals surface area contributed by atoms with E-state index >= 15 is 0 Å². The summed E-state index contributed by atoms with van der Waals surface area (Å²) in [5, 5.41) is 0. The van der Waals surface area contributed by atoms with Crippen molar-refractivity contribution in [3.63, 3.8) is 0 Å². The molecule has 0 aromatic rings. The second-order valence-electron chi connectivity index (χ2n) is 6.14. The summed E-state index contributed by atoms with van der Waals surface area (Å²) in [6, 6.07) is 0. The minimum absolute atomic E-state index is 0. The molecule has 0 spiro atoms. The molecule has 0 N–H and O–H groups in total. The second kappa shape index (κ2) is 14.9. The maximum atomic E-state index is 2.35. The van der Waals surface area contributed by atoms with Gasteiger partial charge in [0.25, 0.3) is 0 Å². The third-order valence-electron chi connectivity index (χ3n) is 3.79. The summed E-state index contributed by atoms with van der Waals surface area (Å²) in [5.74, 6) is 0. The monoisotopic (exact) mass is 626 g/mol. The van der Waals surface area contributed by atoms with Crippen LogP contribution in [0.1, 0.15) is 40.0 Å². The zero-order chi connectivity index (χ0) is 12.7. The van der Waals surface area contributed by atoms with Crippen LogP contribution in [0.5, 0.6) is 0 Å². The van der Waals surface area contributed by atoms with E-state index in [0.717, 1.165) is 4.48 Å². The number of nitrogens with zero attached hydrogens (tertiary/aromatic N) is 2. The van der Waals surface area contributed by atoms with Crippen LogP contribution in [0.3, 0.4) is 0 Å². The molecule has 5 heteroatoms. The summed E-state index contributed by atoms with van der Waals surface area (Å²) in [6.45, 7) is 13.6. The van der Waals surface area contributed by atoms with Gasteiger partial charge in [-0.2, -0.15) is 0 Å². The molecule has 0 aliphatic carbocycles. The average molecular weight is 628 g/mol. The van der Waals surface area contributed by atoms with Gasteiger partial charge in [0.1, 0.15) is 0 Å². The van der Waals surface area contributed by atoms with Crippen molar-refractivity contribution in [3.05, 3.63) is 0 Å². The van der Waals surface area contributed by atoms with Crippen molar-refractivity contribution in [1.29, 1.82) is 0 Å². The Balaban J connectivity index is -0.000000375. The zero-order valence-electron chi connectivity index (χ0n) is 13.8. The fourth-order valence-corrected chi connectivity index (χ4v) is 2.34. The van der Waals surface area contributed by atoms with Crippen LogP contribution in [0.2, 0.25) is 0 Å². The van der Waals surface area contributed by atoms with Crippen molar-refractivity contribution in [2.45, 2.75) is 40.0 Å². The molecule has 0 aromatic carbocycles. The smallest absolute Gasteiger partial charge is 0.0840 e. The van der Waals surface area contributed by atoms with Crippen LogP contribution in [0.25, 0.3) is 0 Å². The SMILES string of the molecule is CCCC[N+](CC)(CC)CCC[N+](C)(C)C.[Br-].[Br-].[U]. The van der Waals surface area contributed by atoms with Crippen molar-refractivity contribution >= 4 is 0 Å². The first-order valence-corrected chi connectivity index (χ1v) is 7.04. The molecule has 0 saturated carbocycles. The van der Waals surface area contributed by atoms with Crippen LogP contribution in [-0.2, 0) is 0 Å². The van der Waals surface area contributed by atoms with Crippen LogP contribution in [0.15, 0.2) is 0 Å². The molecule has 0 bridgehead atoms. The molecule has 0 radical (unpaired) electrons. The first kappa shape index (κ1) is 29.0. The predicted octanol–water partition coefficient (Wildman–Crippen LogP) is -3.25. The van der Waals surface area contributed by atoms with Gasteiger partial charge in [0.2, 0.25) is 0 Å². The van der Waals surface area contributed by atoms with Gasteiger partial charge in [-0.3, -0.25) is 0 Å². The minimum atomic E-state index is 0. The van der Waals surface area contributed by atoms with E-state index in [1.54, 1.807) is 0 Å². The van der Waals surface area contributed by atoms with E-state index < -0.39 is 0 Å². The second-order valence-corrected chi connectivity index (χ2v) is 6.14.